The summed E-state index contributed by atoms with van der Waals surface area (Å²) in [4.78, 5) is 0. The number of benzene rings is 4. The summed E-state index contributed by atoms with van der Waals surface area (Å²) in [6.45, 7) is 8.96. The van der Waals surface area contributed by atoms with Crippen LogP contribution in [0.1, 0.15) is 55.5 Å². The summed E-state index contributed by atoms with van der Waals surface area (Å²) in [5.74, 6) is 1.15. The van der Waals surface area contributed by atoms with E-state index in [1.54, 1.807) is 36.4 Å². The standard InChI is InChI=1S/C32H34O3/c1-22(31(2,3)24-9-15-28(33)16-10-24)21-23-5-7-25(8-6-23)32(4,26-11-17-29(34)18-12-26)27-13-19-30(35)20-14-27/h5-20,22,33-35H,21H2,1-4H3. The van der Waals surface area contributed by atoms with Crippen LogP contribution in [-0.2, 0) is 17.3 Å². The zero-order valence-corrected chi connectivity index (χ0v) is 20.9. The monoisotopic (exact) mass is 466 g/mol. The third-order valence-electron chi connectivity index (χ3n) is 7.81. The van der Waals surface area contributed by atoms with Crippen LogP contribution in [0.25, 0.3) is 0 Å². The minimum absolute atomic E-state index is 0.0427. The fourth-order valence-corrected chi connectivity index (χ4v) is 4.85. The van der Waals surface area contributed by atoms with Gasteiger partial charge in [0.15, 0.2) is 0 Å². The highest BCUT2D eigenvalue weighted by Crippen LogP contribution is 2.40. The molecule has 3 N–H and O–H groups in total. The highest BCUT2D eigenvalue weighted by Gasteiger charge is 2.32. The van der Waals surface area contributed by atoms with Gasteiger partial charge in [0.2, 0.25) is 0 Å². The van der Waals surface area contributed by atoms with Gasteiger partial charge in [-0.15, -0.1) is 0 Å². The Bertz CT molecular complexity index is 1210. The SMILES string of the molecule is CC(Cc1ccc(C(C)(c2ccc(O)cc2)c2ccc(O)cc2)cc1)C(C)(C)c1ccc(O)cc1. The van der Waals surface area contributed by atoms with Gasteiger partial charge in [0.25, 0.3) is 0 Å². The van der Waals surface area contributed by atoms with Crippen molar-refractivity contribution in [3.63, 3.8) is 0 Å². The van der Waals surface area contributed by atoms with Crippen molar-refractivity contribution in [1.29, 1.82) is 0 Å². The third-order valence-corrected chi connectivity index (χ3v) is 7.81. The molecule has 0 aliphatic rings. The number of phenolic OH excluding ortho intramolecular Hbond substituents is 3. The van der Waals surface area contributed by atoms with E-state index in [9.17, 15) is 15.3 Å². The molecular weight excluding hydrogens is 432 g/mol. The van der Waals surface area contributed by atoms with Crippen molar-refractivity contribution in [2.24, 2.45) is 5.92 Å². The molecular formula is C32H34O3. The Kier molecular flexibility index (Phi) is 6.62. The normalized spacial score (nSPS) is 12.9. The van der Waals surface area contributed by atoms with Gasteiger partial charge < -0.3 is 15.3 Å². The molecule has 0 heterocycles. The van der Waals surface area contributed by atoms with Crippen molar-refractivity contribution >= 4 is 0 Å². The smallest absolute Gasteiger partial charge is 0.115 e. The summed E-state index contributed by atoms with van der Waals surface area (Å²) in [6, 6.07) is 31.0. The first kappa shape index (κ1) is 24.4. The van der Waals surface area contributed by atoms with Gasteiger partial charge in [-0.2, -0.15) is 0 Å². The minimum atomic E-state index is -0.448. The van der Waals surface area contributed by atoms with Crippen LogP contribution in [0, 0.1) is 5.92 Å². The second kappa shape index (κ2) is 9.50. The molecule has 3 nitrogen and oxygen atoms in total. The molecule has 0 fully saturated rings. The van der Waals surface area contributed by atoms with Crippen LogP contribution in [0.2, 0.25) is 0 Å². The van der Waals surface area contributed by atoms with E-state index in [1.807, 2.05) is 36.4 Å². The van der Waals surface area contributed by atoms with Gasteiger partial charge in [-0.1, -0.05) is 81.4 Å². The van der Waals surface area contributed by atoms with E-state index in [4.69, 9.17) is 0 Å². The topological polar surface area (TPSA) is 60.7 Å². The van der Waals surface area contributed by atoms with Crippen LogP contribution < -0.4 is 0 Å². The van der Waals surface area contributed by atoms with Gasteiger partial charge in [0, 0.05) is 5.41 Å². The number of hydrogen-bond donors (Lipinski definition) is 3. The van der Waals surface area contributed by atoms with Gasteiger partial charge in [0.1, 0.15) is 17.2 Å². The fourth-order valence-electron chi connectivity index (χ4n) is 4.85. The number of phenols is 3. The van der Waals surface area contributed by atoms with Crippen LogP contribution in [0.3, 0.4) is 0 Å². The maximum Gasteiger partial charge on any atom is 0.115 e. The first-order chi connectivity index (χ1) is 16.6. The predicted octanol–water partition coefficient (Wildman–Crippen LogP) is 7.31. The van der Waals surface area contributed by atoms with Gasteiger partial charge in [-0.25, -0.2) is 0 Å². The van der Waals surface area contributed by atoms with E-state index in [1.165, 1.54) is 11.1 Å². The molecule has 4 aromatic rings. The van der Waals surface area contributed by atoms with Crippen LogP contribution in [0.15, 0.2) is 97.1 Å². The fraction of sp³-hybridized carbons (Fsp3) is 0.250. The molecule has 0 saturated heterocycles. The summed E-state index contributed by atoms with van der Waals surface area (Å²) in [7, 11) is 0. The zero-order chi connectivity index (χ0) is 25.2. The molecule has 0 aliphatic carbocycles. The molecule has 0 radical (unpaired) electrons. The third kappa shape index (κ3) is 4.90. The quantitative estimate of drug-likeness (QED) is 0.250. The van der Waals surface area contributed by atoms with Crippen molar-refractivity contribution in [2.45, 2.75) is 44.9 Å². The lowest BCUT2D eigenvalue weighted by molar-refractivity contribution is 0.341. The zero-order valence-electron chi connectivity index (χ0n) is 20.9. The molecule has 4 rings (SSSR count). The van der Waals surface area contributed by atoms with Crippen molar-refractivity contribution in [3.8, 4) is 17.2 Å². The first-order valence-electron chi connectivity index (χ1n) is 12.1. The Morgan fingerprint density at radius 1 is 0.514 bits per heavy atom. The van der Waals surface area contributed by atoms with Crippen molar-refractivity contribution < 1.29 is 15.3 Å². The lowest BCUT2D eigenvalue weighted by atomic mass is 9.70. The molecule has 0 aliphatic heterocycles. The summed E-state index contributed by atoms with van der Waals surface area (Å²) in [5, 5.41) is 29.3. The molecule has 3 heteroatoms. The highest BCUT2D eigenvalue weighted by molar-refractivity contribution is 5.51. The van der Waals surface area contributed by atoms with E-state index in [0.717, 1.165) is 23.1 Å². The molecule has 0 spiro atoms. The van der Waals surface area contributed by atoms with Gasteiger partial charge in [-0.05, 0) is 88.9 Å². The Morgan fingerprint density at radius 2 is 0.829 bits per heavy atom. The Hall–Kier alpha value is -3.72. The number of hydrogen-bond acceptors (Lipinski definition) is 3. The molecule has 4 aromatic carbocycles. The molecule has 0 amide bonds. The molecule has 0 saturated carbocycles. The molecule has 180 valence electrons. The Morgan fingerprint density at radius 3 is 1.20 bits per heavy atom. The summed E-state index contributed by atoms with van der Waals surface area (Å²) < 4.78 is 0. The lowest BCUT2D eigenvalue weighted by Gasteiger charge is -2.34. The van der Waals surface area contributed by atoms with Crippen molar-refractivity contribution in [2.75, 3.05) is 0 Å². The average Bonchev–Trinajstić information content (AvgIpc) is 2.85. The maximum absolute atomic E-state index is 9.84. The predicted molar refractivity (Wildman–Crippen MR) is 142 cm³/mol. The van der Waals surface area contributed by atoms with E-state index in [-0.39, 0.29) is 22.7 Å². The highest BCUT2D eigenvalue weighted by atomic mass is 16.3. The van der Waals surface area contributed by atoms with E-state index >= 15 is 0 Å². The first-order valence-corrected chi connectivity index (χ1v) is 12.1. The maximum atomic E-state index is 9.84. The molecule has 0 bridgehead atoms. The van der Waals surface area contributed by atoms with Gasteiger partial charge in [-0.3, -0.25) is 0 Å². The molecule has 35 heavy (non-hydrogen) atoms. The van der Waals surface area contributed by atoms with Crippen LogP contribution in [0.5, 0.6) is 17.2 Å². The lowest BCUT2D eigenvalue weighted by Crippen LogP contribution is -2.28. The number of aromatic hydroxyl groups is 3. The average molecular weight is 467 g/mol. The van der Waals surface area contributed by atoms with Gasteiger partial charge in [0.05, 0.1) is 0 Å². The molecule has 1 unspecified atom stereocenters. The largest absolute Gasteiger partial charge is 0.508 e. The second-order valence-electron chi connectivity index (χ2n) is 10.3. The van der Waals surface area contributed by atoms with Crippen molar-refractivity contribution in [3.05, 3.63) is 125 Å². The second-order valence-corrected chi connectivity index (χ2v) is 10.3. The van der Waals surface area contributed by atoms with Gasteiger partial charge >= 0.3 is 0 Å². The number of rotatable bonds is 7. The summed E-state index contributed by atoms with van der Waals surface area (Å²) in [6.07, 6.45) is 0.934. The Labute approximate surface area is 208 Å². The van der Waals surface area contributed by atoms with Crippen LogP contribution >= 0.6 is 0 Å². The van der Waals surface area contributed by atoms with Crippen LogP contribution in [0.4, 0.5) is 0 Å². The molecule has 1 atom stereocenters. The van der Waals surface area contributed by atoms with Crippen LogP contribution in [-0.4, -0.2) is 15.3 Å². The van der Waals surface area contributed by atoms with Crippen molar-refractivity contribution in [1.82, 2.24) is 0 Å². The Balaban J connectivity index is 1.64. The summed E-state index contributed by atoms with van der Waals surface area (Å²) in [5.41, 5.74) is 5.27. The minimum Gasteiger partial charge on any atom is -0.508 e. The van der Waals surface area contributed by atoms with E-state index in [2.05, 4.69) is 52.0 Å². The molecule has 0 aromatic heterocycles. The van der Waals surface area contributed by atoms with E-state index < -0.39 is 5.41 Å². The van der Waals surface area contributed by atoms with E-state index in [0.29, 0.717) is 5.92 Å². The summed E-state index contributed by atoms with van der Waals surface area (Å²) >= 11 is 0.